The van der Waals surface area contributed by atoms with Crippen molar-refractivity contribution in [3.05, 3.63) is 77.5 Å². The predicted molar refractivity (Wildman–Crippen MR) is 93.3 cm³/mol. The van der Waals surface area contributed by atoms with Gasteiger partial charge in [0.2, 0.25) is 0 Å². The van der Waals surface area contributed by atoms with E-state index in [9.17, 15) is 4.79 Å². The monoisotopic (exact) mass is 340 g/mol. The number of halogens is 1. The number of hydrogen-bond donors (Lipinski definition) is 0. The van der Waals surface area contributed by atoms with Crippen molar-refractivity contribution in [1.82, 2.24) is 19.4 Å². The fourth-order valence-electron chi connectivity index (χ4n) is 2.40. The molecule has 0 spiro atoms. The highest BCUT2D eigenvalue weighted by atomic mass is 35.5. The zero-order valence-corrected chi connectivity index (χ0v) is 14.2. The maximum atomic E-state index is 12.7. The van der Waals surface area contributed by atoms with E-state index in [1.165, 1.54) is 0 Å². The molecule has 0 bridgehead atoms. The minimum atomic E-state index is -0.0814. The molecule has 1 atom stereocenters. The lowest BCUT2D eigenvalue weighted by molar-refractivity contribution is 0.0742. The summed E-state index contributed by atoms with van der Waals surface area (Å²) in [6.07, 6.45) is 6.74. The van der Waals surface area contributed by atoms with Crippen LogP contribution in [0, 0.1) is 0 Å². The van der Waals surface area contributed by atoms with Crippen LogP contribution in [-0.2, 0) is 0 Å². The van der Waals surface area contributed by atoms with Crippen LogP contribution in [-0.4, -0.2) is 32.4 Å². The number of pyridine rings is 1. The second kappa shape index (κ2) is 6.84. The summed E-state index contributed by atoms with van der Waals surface area (Å²) in [7, 11) is 1.78. The maximum absolute atomic E-state index is 12.7. The first-order valence-electron chi connectivity index (χ1n) is 7.53. The molecule has 0 fully saturated rings. The quantitative estimate of drug-likeness (QED) is 0.726. The van der Waals surface area contributed by atoms with E-state index in [0.29, 0.717) is 10.6 Å². The van der Waals surface area contributed by atoms with Gasteiger partial charge in [-0.05, 0) is 36.8 Å². The molecule has 0 aliphatic heterocycles. The van der Waals surface area contributed by atoms with Crippen LogP contribution in [0.4, 0.5) is 0 Å². The Balaban J connectivity index is 1.76. The summed E-state index contributed by atoms with van der Waals surface area (Å²) in [6.45, 7) is 1.98. The molecule has 3 rings (SSSR count). The Hall–Kier alpha value is -2.66. The van der Waals surface area contributed by atoms with Gasteiger partial charge in [0.25, 0.3) is 5.91 Å². The average molecular weight is 341 g/mol. The highest BCUT2D eigenvalue weighted by Gasteiger charge is 2.19. The molecule has 0 saturated carbocycles. The summed E-state index contributed by atoms with van der Waals surface area (Å²) in [5, 5.41) is 0.680. The number of carbonyl (C=O) groups excluding carboxylic acids is 1. The first-order chi connectivity index (χ1) is 11.6. The smallest absolute Gasteiger partial charge is 0.255 e. The Morgan fingerprint density at radius 3 is 2.54 bits per heavy atom. The SMILES string of the molecule is CC(c1ccc(Cl)cc1)N(C)C(=O)c1ccc(-n2ccnc2)nc1. The largest absolute Gasteiger partial charge is 0.335 e. The van der Waals surface area contributed by atoms with Crippen molar-refractivity contribution < 1.29 is 4.79 Å². The summed E-state index contributed by atoms with van der Waals surface area (Å²) in [4.78, 5) is 22.7. The highest BCUT2D eigenvalue weighted by Crippen LogP contribution is 2.22. The second-order valence-electron chi connectivity index (χ2n) is 5.52. The van der Waals surface area contributed by atoms with Crippen LogP contribution < -0.4 is 0 Å². The summed E-state index contributed by atoms with van der Waals surface area (Å²) >= 11 is 5.92. The molecule has 122 valence electrons. The molecule has 5 nitrogen and oxygen atoms in total. The minimum absolute atomic E-state index is 0.0666. The van der Waals surface area contributed by atoms with Gasteiger partial charge in [-0.15, -0.1) is 0 Å². The lowest BCUT2D eigenvalue weighted by Gasteiger charge is -2.25. The van der Waals surface area contributed by atoms with Gasteiger partial charge in [-0.25, -0.2) is 9.97 Å². The third-order valence-corrected chi connectivity index (χ3v) is 4.27. The van der Waals surface area contributed by atoms with Crippen LogP contribution in [0.15, 0.2) is 61.3 Å². The van der Waals surface area contributed by atoms with Crippen molar-refractivity contribution in [2.45, 2.75) is 13.0 Å². The normalized spacial score (nSPS) is 12.0. The standard InChI is InChI=1S/C18H17ClN4O/c1-13(14-3-6-16(19)7-4-14)22(2)18(24)15-5-8-17(21-11-15)23-10-9-20-12-23/h3-13H,1-2H3. The summed E-state index contributed by atoms with van der Waals surface area (Å²) in [5.74, 6) is 0.639. The van der Waals surface area contributed by atoms with Crippen LogP contribution in [0.1, 0.15) is 28.9 Å². The molecule has 1 aromatic carbocycles. The molecule has 2 aromatic heterocycles. The number of imidazole rings is 1. The van der Waals surface area contributed by atoms with Crippen LogP contribution in [0.3, 0.4) is 0 Å². The Bertz CT molecular complexity index is 813. The molecule has 0 radical (unpaired) electrons. The molecule has 2 heterocycles. The zero-order valence-electron chi connectivity index (χ0n) is 13.4. The molecule has 0 saturated heterocycles. The first kappa shape index (κ1) is 16.2. The van der Waals surface area contributed by atoms with Crippen LogP contribution in [0.2, 0.25) is 5.02 Å². The third kappa shape index (κ3) is 3.31. The Labute approximate surface area is 145 Å². The Morgan fingerprint density at radius 2 is 1.96 bits per heavy atom. The molecule has 0 aliphatic rings. The van der Waals surface area contributed by atoms with E-state index in [4.69, 9.17) is 11.6 Å². The molecule has 0 N–H and O–H groups in total. The summed E-state index contributed by atoms with van der Waals surface area (Å²) in [6, 6.07) is 11.0. The van der Waals surface area contributed by atoms with Gasteiger partial charge in [-0.2, -0.15) is 0 Å². The molecular formula is C18H17ClN4O. The van der Waals surface area contributed by atoms with E-state index in [1.54, 1.807) is 53.6 Å². The van der Waals surface area contributed by atoms with Gasteiger partial charge in [0.1, 0.15) is 12.1 Å². The summed E-state index contributed by atoms with van der Waals surface area (Å²) in [5.41, 5.74) is 1.57. The fourth-order valence-corrected chi connectivity index (χ4v) is 2.53. The van der Waals surface area contributed by atoms with Gasteiger partial charge in [-0.1, -0.05) is 23.7 Å². The minimum Gasteiger partial charge on any atom is -0.335 e. The lowest BCUT2D eigenvalue weighted by Crippen LogP contribution is -2.29. The van der Waals surface area contributed by atoms with E-state index < -0.39 is 0 Å². The number of nitrogens with zero attached hydrogens (tertiary/aromatic N) is 4. The van der Waals surface area contributed by atoms with Gasteiger partial charge in [0.05, 0.1) is 11.6 Å². The lowest BCUT2D eigenvalue weighted by atomic mass is 10.1. The van der Waals surface area contributed by atoms with E-state index in [-0.39, 0.29) is 11.9 Å². The number of amides is 1. The number of aromatic nitrogens is 3. The van der Waals surface area contributed by atoms with Gasteiger partial charge in [0, 0.05) is 30.7 Å². The number of benzene rings is 1. The fraction of sp³-hybridized carbons (Fsp3) is 0.167. The maximum Gasteiger partial charge on any atom is 0.255 e. The molecule has 3 aromatic rings. The number of hydrogen-bond acceptors (Lipinski definition) is 3. The summed E-state index contributed by atoms with van der Waals surface area (Å²) < 4.78 is 1.79. The van der Waals surface area contributed by atoms with Crippen LogP contribution in [0.25, 0.3) is 5.82 Å². The highest BCUT2D eigenvalue weighted by molar-refractivity contribution is 6.30. The molecule has 1 amide bonds. The van der Waals surface area contributed by atoms with Crippen LogP contribution >= 0.6 is 11.6 Å². The topological polar surface area (TPSA) is 51.0 Å². The Kier molecular flexibility index (Phi) is 4.62. The Morgan fingerprint density at radius 1 is 1.21 bits per heavy atom. The zero-order chi connectivity index (χ0) is 17.1. The predicted octanol–water partition coefficient (Wildman–Crippen LogP) is 3.75. The molecule has 6 heteroatoms. The molecule has 1 unspecified atom stereocenters. The number of rotatable bonds is 4. The van der Waals surface area contributed by atoms with Gasteiger partial charge >= 0.3 is 0 Å². The third-order valence-electron chi connectivity index (χ3n) is 4.02. The number of carbonyl (C=O) groups is 1. The van der Waals surface area contributed by atoms with E-state index in [1.807, 2.05) is 31.2 Å². The molecule has 0 aliphatic carbocycles. The van der Waals surface area contributed by atoms with Crippen molar-refractivity contribution in [2.75, 3.05) is 7.05 Å². The van der Waals surface area contributed by atoms with E-state index in [0.717, 1.165) is 11.4 Å². The second-order valence-corrected chi connectivity index (χ2v) is 5.96. The van der Waals surface area contributed by atoms with Crippen molar-refractivity contribution in [3.8, 4) is 5.82 Å². The molecule has 24 heavy (non-hydrogen) atoms. The van der Waals surface area contributed by atoms with Gasteiger partial charge < -0.3 is 4.90 Å². The first-order valence-corrected chi connectivity index (χ1v) is 7.91. The van der Waals surface area contributed by atoms with Crippen molar-refractivity contribution in [1.29, 1.82) is 0 Å². The van der Waals surface area contributed by atoms with Crippen molar-refractivity contribution in [3.63, 3.8) is 0 Å². The average Bonchev–Trinajstić information content (AvgIpc) is 3.15. The molecular weight excluding hydrogens is 324 g/mol. The van der Waals surface area contributed by atoms with Crippen molar-refractivity contribution in [2.24, 2.45) is 0 Å². The van der Waals surface area contributed by atoms with E-state index >= 15 is 0 Å². The van der Waals surface area contributed by atoms with Gasteiger partial charge in [0.15, 0.2) is 0 Å². The van der Waals surface area contributed by atoms with Gasteiger partial charge in [-0.3, -0.25) is 9.36 Å². The van der Waals surface area contributed by atoms with Crippen molar-refractivity contribution >= 4 is 17.5 Å². The van der Waals surface area contributed by atoms with E-state index in [2.05, 4.69) is 9.97 Å². The van der Waals surface area contributed by atoms with Crippen LogP contribution in [0.5, 0.6) is 0 Å².